The van der Waals surface area contributed by atoms with Gasteiger partial charge in [-0.25, -0.2) is 0 Å². The Labute approximate surface area is 147 Å². The van der Waals surface area contributed by atoms with Gasteiger partial charge in [0.15, 0.2) is 5.69 Å². The molecule has 0 saturated carbocycles. The fraction of sp³-hybridized carbons (Fsp3) is 0.556. The molecule has 1 atom stereocenters. The Kier molecular flexibility index (Phi) is 4.74. The highest BCUT2D eigenvalue weighted by Gasteiger charge is 2.17. The summed E-state index contributed by atoms with van der Waals surface area (Å²) >= 11 is 0. The van der Waals surface area contributed by atoms with Gasteiger partial charge in [-0.15, -0.1) is 5.10 Å². The molecule has 4 rings (SSSR count). The summed E-state index contributed by atoms with van der Waals surface area (Å²) < 4.78 is 1.78. The van der Waals surface area contributed by atoms with E-state index in [1.807, 2.05) is 6.20 Å². The van der Waals surface area contributed by atoms with Gasteiger partial charge < -0.3 is 10.6 Å². The number of carbonyl (C=O) groups is 1. The molecule has 0 radical (unpaired) electrons. The van der Waals surface area contributed by atoms with E-state index >= 15 is 0 Å². The predicted octanol–water partition coefficient (Wildman–Crippen LogP) is 1.09. The van der Waals surface area contributed by atoms with Gasteiger partial charge in [-0.3, -0.25) is 14.5 Å². The lowest BCUT2D eigenvalue weighted by molar-refractivity contribution is 0.0945. The van der Waals surface area contributed by atoms with E-state index in [9.17, 15) is 4.79 Å². The summed E-state index contributed by atoms with van der Waals surface area (Å²) in [5.74, 6) is 0.373. The van der Waals surface area contributed by atoms with Crippen LogP contribution in [0.25, 0.3) is 0 Å². The molecule has 2 aliphatic rings. The number of pyridine rings is 1. The normalized spacial score (nSPS) is 19.6. The van der Waals surface area contributed by atoms with E-state index in [0.717, 1.165) is 38.0 Å². The first-order valence-electron chi connectivity index (χ1n) is 9.13. The third-order valence-corrected chi connectivity index (χ3v) is 5.04. The second-order valence-corrected chi connectivity index (χ2v) is 7.02. The Morgan fingerprint density at radius 3 is 3.20 bits per heavy atom. The molecule has 0 bridgehead atoms. The number of aryl methyl sites for hydroxylation is 2. The third kappa shape index (κ3) is 3.87. The predicted molar refractivity (Wildman–Crippen MR) is 93.0 cm³/mol. The number of rotatable bonds is 5. The SMILES string of the molecule is O=C(NCc1cnc2c(c1)CCC2)c1cn(CC2CCCNC2)nn1. The van der Waals surface area contributed by atoms with Crippen molar-refractivity contribution in [3.63, 3.8) is 0 Å². The van der Waals surface area contributed by atoms with Gasteiger partial charge >= 0.3 is 0 Å². The van der Waals surface area contributed by atoms with E-state index < -0.39 is 0 Å². The Bertz CT molecular complexity index is 750. The van der Waals surface area contributed by atoms with Gasteiger partial charge in [0.1, 0.15) is 0 Å². The molecule has 0 aromatic carbocycles. The summed E-state index contributed by atoms with van der Waals surface area (Å²) in [6, 6.07) is 2.16. The number of nitrogens with zero attached hydrogens (tertiary/aromatic N) is 4. The van der Waals surface area contributed by atoms with Crippen LogP contribution in [0.4, 0.5) is 0 Å². The Hall–Kier alpha value is -2.28. The van der Waals surface area contributed by atoms with Crippen molar-refractivity contribution >= 4 is 5.91 Å². The van der Waals surface area contributed by atoms with Gasteiger partial charge in [0.05, 0.1) is 6.20 Å². The van der Waals surface area contributed by atoms with Crippen LogP contribution < -0.4 is 10.6 Å². The Morgan fingerprint density at radius 1 is 1.36 bits per heavy atom. The van der Waals surface area contributed by atoms with Crippen LogP contribution in [0, 0.1) is 5.92 Å². The lowest BCUT2D eigenvalue weighted by Gasteiger charge is -2.22. The van der Waals surface area contributed by atoms with E-state index in [4.69, 9.17) is 0 Å². The van der Waals surface area contributed by atoms with Crippen LogP contribution in [0.3, 0.4) is 0 Å². The van der Waals surface area contributed by atoms with Crippen molar-refractivity contribution < 1.29 is 4.79 Å². The molecule has 1 aliphatic carbocycles. The average Bonchev–Trinajstić information content (AvgIpc) is 3.29. The highest BCUT2D eigenvalue weighted by atomic mass is 16.2. The van der Waals surface area contributed by atoms with Gasteiger partial charge in [0.2, 0.25) is 0 Å². The number of amides is 1. The van der Waals surface area contributed by atoms with Crippen LogP contribution in [0.15, 0.2) is 18.5 Å². The van der Waals surface area contributed by atoms with Crippen LogP contribution >= 0.6 is 0 Å². The van der Waals surface area contributed by atoms with Crippen molar-refractivity contribution in [2.45, 2.75) is 45.2 Å². The molecule has 25 heavy (non-hydrogen) atoms. The second-order valence-electron chi connectivity index (χ2n) is 7.02. The summed E-state index contributed by atoms with van der Waals surface area (Å²) in [5, 5.41) is 14.4. The fourth-order valence-electron chi connectivity index (χ4n) is 3.68. The molecule has 1 amide bonds. The van der Waals surface area contributed by atoms with E-state index in [2.05, 4.69) is 32.0 Å². The van der Waals surface area contributed by atoms with Gasteiger partial charge in [-0.2, -0.15) is 0 Å². The summed E-state index contributed by atoms with van der Waals surface area (Å²) in [5.41, 5.74) is 3.93. The third-order valence-electron chi connectivity index (χ3n) is 5.04. The van der Waals surface area contributed by atoms with Crippen molar-refractivity contribution in [1.29, 1.82) is 0 Å². The molecule has 1 unspecified atom stereocenters. The highest BCUT2D eigenvalue weighted by molar-refractivity contribution is 5.91. The monoisotopic (exact) mass is 340 g/mol. The van der Waals surface area contributed by atoms with Crippen LogP contribution in [0.1, 0.15) is 46.6 Å². The van der Waals surface area contributed by atoms with Crippen LogP contribution in [0.2, 0.25) is 0 Å². The number of aromatic nitrogens is 4. The van der Waals surface area contributed by atoms with Gasteiger partial charge in [0, 0.05) is 25.0 Å². The van der Waals surface area contributed by atoms with Crippen LogP contribution in [0.5, 0.6) is 0 Å². The second kappa shape index (κ2) is 7.31. The maximum Gasteiger partial charge on any atom is 0.273 e. The molecule has 2 aromatic heterocycles. The van der Waals surface area contributed by atoms with Crippen molar-refractivity contribution in [2.75, 3.05) is 13.1 Å². The largest absolute Gasteiger partial charge is 0.346 e. The zero-order valence-corrected chi connectivity index (χ0v) is 14.4. The highest BCUT2D eigenvalue weighted by Crippen LogP contribution is 2.20. The van der Waals surface area contributed by atoms with Crippen molar-refractivity contribution in [1.82, 2.24) is 30.6 Å². The minimum atomic E-state index is -0.187. The van der Waals surface area contributed by atoms with E-state index in [1.165, 1.54) is 30.5 Å². The van der Waals surface area contributed by atoms with Crippen LogP contribution in [-0.4, -0.2) is 39.0 Å². The summed E-state index contributed by atoms with van der Waals surface area (Å²) in [7, 11) is 0. The lowest BCUT2D eigenvalue weighted by atomic mass is 10.00. The summed E-state index contributed by atoms with van der Waals surface area (Å²) in [6.07, 6.45) is 9.33. The smallest absolute Gasteiger partial charge is 0.273 e. The van der Waals surface area contributed by atoms with E-state index in [1.54, 1.807) is 10.9 Å². The standard InChI is InChI=1S/C18H24N6O/c25-18(21-10-14-7-15-4-1-5-16(15)20-9-14)17-12-24(23-22-17)11-13-3-2-6-19-8-13/h7,9,12-13,19H,1-6,8,10-11H2,(H,21,25). The number of nitrogens with one attached hydrogen (secondary N) is 2. The molecular weight excluding hydrogens is 316 g/mol. The molecule has 0 spiro atoms. The van der Waals surface area contributed by atoms with E-state index in [-0.39, 0.29) is 5.91 Å². The average molecular weight is 340 g/mol. The number of piperidine rings is 1. The maximum atomic E-state index is 12.3. The molecule has 2 N–H and O–H groups in total. The van der Waals surface area contributed by atoms with Gasteiger partial charge in [0.25, 0.3) is 5.91 Å². The van der Waals surface area contributed by atoms with Crippen molar-refractivity contribution in [2.24, 2.45) is 5.92 Å². The fourth-order valence-corrected chi connectivity index (χ4v) is 3.68. The zero-order chi connectivity index (χ0) is 17.1. The topological polar surface area (TPSA) is 84.7 Å². The molecule has 1 aliphatic heterocycles. The molecule has 2 aromatic rings. The summed E-state index contributed by atoms with van der Waals surface area (Å²) in [6.45, 7) is 3.38. The molecule has 3 heterocycles. The molecule has 7 heteroatoms. The molecule has 1 saturated heterocycles. The Balaban J connectivity index is 1.32. The van der Waals surface area contributed by atoms with Crippen LogP contribution in [-0.2, 0) is 25.9 Å². The molecule has 132 valence electrons. The Morgan fingerprint density at radius 2 is 2.32 bits per heavy atom. The first kappa shape index (κ1) is 16.2. The van der Waals surface area contributed by atoms with Crippen molar-refractivity contribution in [3.05, 3.63) is 41.0 Å². The maximum absolute atomic E-state index is 12.3. The zero-order valence-electron chi connectivity index (χ0n) is 14.4. The first-order valence-corrected chi connectivity index (χ1v) is 9.13. The lowest BCUT2D eigenvalue weighted by Crippen LogP contribution is -2.32. The van der Waals surface area contributed by atoms with Gasteiger partial charge in [-0.05, 0) is 62.2 Å². The number of hydrogen-bond donors (Lipinski definition) is 2. The summed E-state index contributed by atoms with van der Waals surface area (Å²) in [4.78, 5) is 16.8. The molecule has 1 fully saturated rings. The number of fused-ring (bicyclic) bond motifs is 1. The minimum Gasteiger partial charge on any atom is -0.346 e. The first-order chi connectivity index (χ1) is 12.3. The minimum absolute atomic E-state index is 0.187. The molecular formula is C18H24N6O. The van der Waals surface area contributed by atoms with E-state index in [0.29, 0.717) is 18.2 Å². The molecule has 7 nitrogen and oxygen atoms in total. The van der Waals surface area contributed by atoms with Gasteiger partial charge in [-0.1, -0.05) is 11.3 Å². The van der Waals surface area contributed by atoms with Crippen molar-refractivity contribution in [3.8, 4) is 0 Å². The number of hydrogen-bond acceptors (Lipinski definition) is 5. The number of carbonyl (C=O) groups excluding carboxylic acids is 1. The quantitative estimate of drug-likeness (QED) is 0.851.